The van der Waals surface area contributed by atoms with E-state index in [4.69, 9.17) is 12.6 Å². The van der Waals surface area contributed by atoms with E-state index < -0.39 is 21.3 Å². The topological polar surface area (TPSA) is 94.4 Å². The minimum absolute atomic E-state index is 0.222. The largest absolute Gasteiger partial charge is 0.425 e. The van der Waals surface area contributed by atoms with Gasteiger partial charge in [-0.15, -0.1) is 12.6 Å². The van der Waals surface area contributed by atoms with Crippen molar-refractivity contribution in [3.63, 3.8) is 0 Å². The quantitative estimate of drug-likeness (QED) is 0.514. The van der Waals surface area contributed by atoms with Gasteiger partial charge in [-0.25, -0.2) is 4.39 Å². The van der Waals surface area contributed by atoms with Gasteiger partial charge in [-0.2, -0.15) is 0 Å². The van der Waals surface area contributed by atoms with Crippen molar-refractivity contribution >= 4 is 16.3 Å². The van der Waals surface area contributed by atoms with E-state index in [0.717, 1.165) is 12.1 Å². The van der Waals surface area contributed by atoms with E-state index in [-0.39, 0.29) is 5.69 Å². The number of nitrogens with zero attached hydrogens (tertiary/aromatic N) is 1. The Labute approximate surface area is 79.2 Å². The molecule has 14 heavy (non-hydrogen) atoms. The Balaban J connectivity index is 0.000000364. The van der Waals surface area contributed by atoms with Crippen LogP contribution in [-0.2, 0) is 10.6 Å². The van der Waals surface area contributed by atoms with Gasteiger partial charge >= 0.3 is 10.6 Å². The van der Waals surface area contributed by atoms with Crippen LogP contribution < -0.4 is 0 Å². The summed E-state index contributed by atoms with van der Waals surface area (Å²) in [6.45, 7) is 0. The first kappa shape index (κ1) is 12.2. The van der Waals surface area contributed by atoms with Crippen LogP contribution in [0.2, 0.25) is 0 Å². The minimum Gasteiger partial charge on any atom is -0.258 e. The molecule has 6 nitrogen and oxygen atoms in total. The molecule has 0 aliphatic rings. The third kappa shape index (κ3) is 5.77. The molecule has 0 bridgehead atoms. The standard InChI is InChI=1S/C6H4FNO2.O3S/c7-5-2-1-3-6(4-5)8(9)10;1-4(2)3/h1-4H;. The lowest BCUT2D eigenvalue weighted by Crippen LogP contribution is -1.87. The summed E-state index contributed by atoms with van der Waals surface area (Å²) in [5.74, 6) is -0.589. The van der Waals surface area contributed by atoms with E-state index in [1.54, 1.807) is 0 Å². The fourth-order valence-corrected chi connectivity index (χ4v) is 0.590. The van der Waals surface area contributed by atoms with Crippen molar-refractivity contribution in [1.29, 1.82) is 0 Å². The maximum Gasteiger partial charge on any atom is 0.425 e. The summed E-state index contributed by atoms with van der Waals surface area (Å²) in [7, 11) is -3.11. The minimum atomic E-state index is -3.11. The molecule has 0 aromatic heterocycles. The molecular weight excluding hydrogens is 217 g/mol. The van der Waals surface area contributed by atoms with E-state index >= 15 is 0 Å². The SMILES string of the molecule is O=S(=O)=O.O=[N+]([O-])c1cccc(F)c1. The van der Waals surface area contributed by atoms with Gasteiger partial charge in [-0.05, 0) is 6.07 Å². The van der Waals surface area contributed by atoms with Gasteiger partial charge in [0.1, 0.15) is 5.82 Å². The van der Waals surface area contributed by atoms with E-state index in [0.29, 0.717) is 0 Å². The predicted molar refractivity (Wildman–Crippen MR) is 42.8 cm³/mol. The number of benzene rings is 1. The molecule has 0 heterocycles. The molecule has 0 atom stereocenters. The summed E-state index contributed by atoms with van der Waals surface area (Å²) in [6.07, 6.45) is 0. The van der Waals surface area contributed by atoms with E-state index in [2.05, 4.69) is 0 Å². The average molecular weight is 221 g/mol. The Bertz CT molecular complexity index is 422. The van der Waals surface area contributed by atoms with Crippen LogP contribution in [0, 0.1) is 15.9 Å². The molecule has 0 aliphatic carbocycles. The first-order chi connectivity index (χ1) is 6.43. The fourth-order valence-electron chi connectivity index (χ4n) is 0.590. The Morgan fingerprint density at radius 3 is 2.07 bits per heavy atom. The van der Waals surface area contributed by atoms with Crippen LogP contribution >= 0.6 is 0 Å². The van der Waals surface area contributed by atoms with Gasteiger partial charge in [0.15, 0.2) is 0 Å². The summed E-state index contributed by atoms with van der Waals surface area (Å²) in [4.78, 5) is 9.36. The van der Waals surface area contributed by atoms with E-state index in [1.807, 2.05) is 0 Å². The molecule has 1 aromatic rings. The van der Waals surface area contributed by atoms with Gasteiger partial charge in [-0.1, -0.05) is 6.07 Å². The molecule has 0 amide bonds. The second kappa shape index (κ2) is 5.75. The number of non-ortho nitro benzene ring substituents is 1. The lowest BCUT2D eigenvalue weighted by Gasteiger charge is -1.88. The van der Waals surface area contributed by atoms with Crippen LogP contribution in [0.1, 0.15) is 0 Å². The molecule has 0 radical (unpaired) electrons. The Kier molecular flexibility index (Phi) is 5.00. The van der Waals surface area contributed by atoms with Crippen molar-refractivity contribution in [1.82, 2.24) is 0 Å². The lowest BCUT2D eigenvalue weighted by molar-refractivity contribution is -0.385. The van der Waals surface area contributed by atoms with Gasteiger partial charge in [0.05, 0.1) is 11.0 Å². The van der Waals surface area contributed by atoms with Crippen molar-refractivity contribution in [3.8, 4) is 0 Å². The summed E-state index contributed by atoms with van der Waals surface area (Å²) in [5, 5.41) is 9.99. The number of hydrogen-bond acceptors (Lipinski definition) is 5. The number of hydrogen-bond donors (Lipinski definition) is 0. The maximum atomic E-state index is 12.2. The molecule has 8 heteroatoms. The van der Waals surface area contributed by atoms with Crippen LogP contribution in [0.4, 0.5) is 10.1 Å². The van der Waals surface area contributed by atoms with Crippen LogP contribution in [-0.4, -0.2) is 17.6 Å². The van der Waals surface area contributed by atoms with Gasteiger partial charge in [0.25, 0.3) is 5.69 Å². The van der Waals surface area contributed by atoms with Crippen LogP contribution in [0.5, 0.6) is 0 Å². The highest BCUT2D eigenvalue weighted by Crippen LogP contribution is 2.10. The average Bonchev–Trinajstić information content (AvgIpc) is 2.03. The van der Waals surface area contributed by atoms with Crippen molar-refractivity contribution in [2.75, 3.05) is 0 Å². The van der Waals surface area contributed by atoms with E-state index in [1.165, 1.54) is 12.1 Å². The van der Waals surface area contributed by atoms with Crippen molar-refractivity contribution in [2.45, 2.75) is 0 Å². The zero-order valence-corrected chi connectivity index (χ0v) is 7.40. The second-order valence-electron chi connectivity index (χ2n) is 1.94. The van der Waals surface area contributed by atoms with Gasteiger partial charge < -0.3 is 0 Å². The first-order valence-corrected chi connectivity index (χ1v) is 4.10. The highest BCUT2D eigenvalue weighted by molar-refractivity contribution is 7.59. The molecule has 76 valence electrons. The zero-order valence-electron chi connectivity index (χ0n) is 6.58. The molecule has 0 saturated heterocycles. The summed E-state index contributed by atoms with van der Waals surface area (Å²) in [5.41, 5.74) is -0.222. The third-order valence-electron chi connectivity index (χ3n) is 1.02. The molecule has 0 aliphatic heterocycles. The summed E-state index contributed by atoms with van der Waals surface area (Å²) < 4.78 is 37.6. The number of nitro groups is 1. The normalized spacial score (nSPS) is 8.36. The highest BCUT2D eigenvalue weighted by Gasteiger charge is 2.03. The van der Waals surface area contributed by atoms with Crippen LogP contribution in [0.3, 0.4) is 0 Å². The van der Waals surface area contributed by atoms with Crippen LogP contribution in [0.15, 0.2) is 24.3 Å². The Hall–Kier alpha value is -1.83. The van der Waals surface area contributed by atoms with Crippen molar-refractivity contribution < 1.29 is 21.9 Å². The number of nitro benzene ring substituents is 1. The molecule has 0 unspecified atom stereocenters. The van der Waals surface area contributed by atoms with Crippen LogP contribution in [0.25, 0.3) is 0 Å². The lowest BCUT2D eigenvalue weighted by atomic mass is 10.3. The van der Waals surface area contributed by atoms with Gasteiger partial charge in [0, 0.05) is 6.07 Å². The number of halogens is 1. The second-order valence-corrected chi connectivity index (χ2v) is 2.35. The van der Waals surface area contributed by atoms with Crippen molar-refractivity contribution in [2.24, 2.45) is 0 Å². The Morgan fingerprint density at radius 1 is 1.29 bits per heavy atom. The first-order valence-electron chi connectivity index (χ1n) is 3.10. The monoisotopic (exact) mass is 221 g/mol. The highest BCUT2D eigenvalue weighted by atomic mass is 32.2. The molecule has 0 saturated carbocycles. The molecule has 1 aromatic carbocycles. The molecular formula is C6H4FNO5S. The Morgan fingerprint density at radius 2 is 1.79 bits per heavy atom. The van der Waals surface area contributed by atoms with Crippen molar-refractivity contribution in [3.05, 3.63) is 40.2 Å². The zero-order chi connectivity index (χ0) is 11.1. The van der Waals surface area contributed by atoms with Gasteiger partial charge in [0.2, 0.25) is 0 Å². The third-order valence-corrected chi connectivity index (χ3v) is 1.02. The smallest absolute Gasteiger partial charge is 0.258 e. The summed E-state index contributed by atoms with van der Waals surface area (Å²) in [6, 6.07) is 4.57. The molecule has 1 rings (SSSR count). The van der Waals surface area contributed by atoms with E-state index in [9.17, 15) is 14.5 Å². The molecule has 0 spiro atoms. The van der Waals surface area contributed by atoms with Gasteiger partial charge in [-0.3, -0.25) is 10.1 Å². The summed E-state index contributed by atoms with van der Waals surface area (Å²) >= 11 is 0. The number of rotatable bonds is 1. The predicted octanol–water partition coefficient (Wildman–Crippen LogP) is 0.730. The fraction of sp³-hybridized carbons (Fsp3) is 0. The maximum absolute atomic E-state index is 12.2. The molecule has 0 fully saturated rings. The molecule has 0 N–H and O–H groups in total.